The Labute approximate surface area is 85.1 Å². The fraction of sp³-hybridized carbons (Fsp3) is 0.385. The van der Waals surface area contributed by atoms with Crippen LogP contribution in [-0.2, 0) is 0 Å². The Kier molecular flexibility index (Phi) is 2.58. The number of phenols is 1. The fourth-order valence-corrected chi connectivity index (χ4v) is 2.22. The first-order valence-corrected chi connectivity index (χ1v) is 5.24. The molecule has 1 aromatic rings. The number of allylic oxidation sites excluding steroid dienone is 1. The molecule has 1 fully saturated rings. The Morgan fingerprint density at radius 2 is 2.14 bits per heavy atom. The van der Waals surface area contributed by atoms with Crippen LogP contribution in [0.3, 0.4) is 0 Å². The van der Waals surface area contributed by atoms with E-state index in [-0.39, 0.29) is 0 Å². The number of benzene rings is 1. The predicted octanol–water partition coefficient (Wildman–Crippen LogP) is 3.61. The molecule has 1 saturated carbocycles. The minimum absolute atomic E-state index is 0.362. The van der Waals surface area contributed by atoms with Crippen LogP contribution < -0.4 is 0 Å². The topological polar surface area (TPSA) is 20.2 Å². The zero-order chi connectivity index (χ0) is 9.97. The van der Waals surface area contributed by atoms with Gasteiger partial charge in [0, 0.05) is 5.92 Å². The summed E-state index contributed by atoms with van der Waals surface area (Å²) in [4.78, 5) is 0. The molecule has 0 radical (unpaired) electrons. The van der Waals surface area contributed by atoms with Gasteiger partial charge in [-0.25, -0.2) is 0 Å². The summed E-state index contributed by atoms with van der Waals surface area (Å²) in [7, 11) is 0. The highest BCUT2D eigenvalue weighted by Crippen LogP contribution is 2.36. The molecule has 1 nitrogen and oxygen atoms in total. The van der Waals surface area contributed by atoms with Gasteiger partial charge < -0.3 is 5.11 Å². The van der Waals surface area contributed by atoms with Crippen LogP contribution in [0.5, 0.6) is 5.75 Å². The van der Waals surface area contributed by atoms with E-state index in [2.05, 4.69) is 12.6 Å². The molecule has 0 aromatic heterocycles. The summed E-state index contributed by atoms with van der Waals surface area (Å²) in [6.45, 7) is 4.12. The highest BCUT2D eigenvalue weighted by atomic mass is 16.3. The van der Waals surface area contributed by atoms with Crippen LogP contribution in [0.25, 0.3) is 0 Å². The van der Waals surface area contributed by atoms with Gasteiger partial charge in [-0.1, -0.05) is 30.7 Å². The molecular weight excluding hydrogens is 172 g/mol. The maximum absolute atomic E-state index is 9.40. The summed E-state index contributed by atoms with van der Waals surface area (Å²) >= 11 is 0. The zero-order valence-electron chi connectivity index (χ0n) is 8.37. The van der Waals surface area contributed by atoms with E-state index >= 15 is 0 Å². The van der Waals surface area contributed by atoms with E-state index in [9.17, 15) is 5.11 Å². The SMILES string of the molecule is C=C1CCCCC1c1cccc(O)c1. The van der Waals surface area contributed by atoms with E-state index in [4.69, 9.17) is 0 Å². The number of aromatic hydroxyl groups is 1. The van der Waals surface area contributed by atoms with Crippen molar-refractivity contribution in [2.24, 2.45) is 0 Å². The summed E-state index contributed by atoms with van der Waals surface area (Å²) in [6, 6.07) is 7.57. The van der Waals surface area contributed by atoms with Crippen molar-refractivity contribution in [3.8, 4) is 5.75 Å². The lowest BCUT2D eigenvalue weighted by molar-refractivity contribution is 0.472. The monoisotopic (exact) mass is 188 g/mol. The molecule has 0 bridgehead atoms. The molecule has 14 heavy (non-hydrogen) atoms. The van der Waals surface area contributed by atoms with Crippen molar-refractivity contribution in [3.63, 3.8) is 0 Å². The number of rotatable bonds is 1. The fourth-order valence-electron chi connectivity index (χ4n) is 2.22. The van der Waals surface area contributed by atoms with Gasteiger partial charge in [0.05, 0.1) is 0 Å². The Morgan fingerprint density at radius 1 is 1.29 bits per heavy atom. The third kappa shape index (κ3) is 1.82. The van der Waals surface area contributed by atoms with Crippen LogP contribution in [0.2, 0.25) is 0 Å². The van der Waals surface area contributed by atoms with Crippen molar-refractivity contribution in [3.05, 3.63) is 42.0 Å². The Bertz CT molecular complexity index is 341. The van der Waals surface area contributed by atoms with Crippen molar-refractivity contribution in [1.29, 1.82) is 0 Å². The number of hydrogen-bond donors (Lipinski definition) is 1. The largest absolute Gasteiger partial charge is 0.508 e. The summed E-state index contributed by atoms with van der Waals surface area (Å²) in [5.74, 6) is 0.830. The van der Waals surface area contributed by atoms with Gasteiger partial charge in [0.15, 0.2) is 0 Å². The van der Waals surface area contributed by atoms with Crippen LogP contribution in [0.15, 0.2) is 36.4 Å². The van der Waals surface area contributed by atoms with Crippen LogP contribution in [0, 0.1) is 0 Å². The van der Waals surface area contributed by atoms with Crippen molar-refractivity contribution >= 4 is 0 Å². The highest BCUT2D eigenvalue weighted by molar-refractivity contribution is 5.34. The molecule has 2 rings (SSSR count). The minimum atomic E-state index is 0.362. The molecule has 1 aliphatic rings. The Hall–Kier alpha value is -1.24. The Balaban J connectivity index is 2.24. The van der Waals surface area contributed by atoms with Gasteiger partial charge in [-0.15, -0.1) is 0 Å². The quantitative estimate of drug-likeness (QED) is 0.667. The van der Waals surface area contributed by atoms with Gasteiger partial charge in [0.1, 0.15) is 5.75 Å². The van der Waals surface area contributed by atoms with E-state index in [0.29, 0.717) is 11.7 Å². The second-order valence-electron chi connectivity index (χ2n) is 4.05. The van der Waals surface area contributed by atoms with Crippen LogP contribution >= 0.6 is 0 Å². The van der Waals surface area contributed by atoms with Crippen LogP contribution in [0.1, 0.15) is 37.2 Å². The molecule has 1 aromatic carbocycles. The zero-order valence-corrected chi connectivity index (χ0v) is 8.37. The molecule has 1 atom stereocenters. The van der Waals surface area contributed by atoms with E-state index < -0.39 is 0 Å². The average Bonchev–Trinajstić information content (AvgIpc) is 2.18. The molecule has 1 N–H and O–H groups in total. The van der Waals surface area contributed by atoms with Crippen LogP contribution in [0.4, 0.5) is 0 Å². The predicted molar refractivity (Wildman–Crippen MR) is 58.5 cm³/mol. The Morgan fingerprint density at radius 3 is 2.86 bits per heavy atom. The van der Waals surface area contributed by atoms with Crippen LogP contribution in [-0.4, -0.2) is 5.11 Å². The van der Waals surface area contributed by atoms with Gasteiger partial charge in [0.2, 0.25) is 0 Å². The van der Waals surface area contributed by atoms with Gasteiger partial charge in [0.25, 0.3) is 0 Å². The molecule has 1 unspecified atom stereocenters. The lowest BCUT2D eigenvalue weighted by atomic mass is 9.81. The lowest BCUT2D eigenvalue weighted by Gasteiger charge is -2.24. The second-order valence-corrected chi connectivity index (χ2v) is 4.05. The second kappa shape index (κ2) is 3.87. The van der Waals surface area contributed by atoms with E-state index in [0.717, 1.165) is 6.42 Å². The number of phenolic OH excluding ortho intramolecular Hbond substituents is 1. The maximum Gasteiger partial charge on any atom is 0.115 e. The molecule has 0 amide bonds. The standard InChI is InChI=1S/C13H16O/c1-10-5-2-3-8-13(10)11-6-4-7-12(14)9-11/h4,6-7,9,13-14H,1-3,5,8H2. The molecule has 74 valence electrons. The van der Waals surface area contributed by atoms with Gasteiger partial charge >= 0.3 is 0 Å². The smallest absolute Gasteiger partial charge is 0.115 e. The summed E-state index contributed by atoms with van der Waals surface area (Å²) < 4.78 is 0. The summed E-state index contributed by atoms with van der Waals surface area (Å²) in [6.07, 6.45) is 4.87. The molecule has 1 aliphatic carbocycles. The highest BCUT2D eigenvalue weighted by Gasteiger charge is 2.18. The molecule has 1 heteroatoms. The number of hydrogen-bond acceptors (Lipinski definition) is 1. The van der Waals surface area contributed by atoms with Crippen molar-refractivity contribution in [1.82, 2.24) is 0 Å². The van der Waals surface area contributed by atoms with Gasteiger partial charge in [-0.3, -0.25) is 0 Å². The van der Waals surface area contributed by atoms with Crippen molar-refractivity contribution in [2.45, 2.75) is 31.6 Å². The summed E-state index contributed by atoms with van der Waals surface area (Å²) in [5, 5.41) is 9.40. The average molecular weight is 188 g/mol. The third-order valence-electron chi connectivity index (χ3n) is 3.01. The van der Waals surface area contributed by atoms with Crippen molar-refractivity contribution in [2.75, 3.05) is 0 Å². The maximum atomic E-state index is 9.40. The first-order valence-electron chi connectivity index (χ1n) is 5.24. The molecule has 0 saturated heterocycles. The van der Waals surface area contributed by atoms with Gasteiger partial charge in [-0.2, -0.15) is 0 Å². The first kappa shape index (κ1) is 9.32. The van der Waals surface area contributed by atoms with Crippen molar-refractivity contribution < 1.29 is 5.11 Å². The summed E-state index contributed by atoms with van der Waals surface area (Å²) in [5.41, 5.74) is 2.54. The normalized spacial score (nSPS) is 22.3. The lowest BCUT2D eigenvalue weighted by Crippen LogP contribution is -2.07. The third-order valence-corrected chi connectivity index (χ3v) is 3.01. The first-order chi connectivity index (χ1) is 6.77. The van der Waals surface area contributed by atoms with Gasteiger partial charge in [-0.05, 0) is 37.0 Å². The van der Waals surface area contributed by atoms with E-state index in [1.807, 2.05) is 12.1 Å². The molecule has 0 spiro atoms. The molecule has 0 aliphatic heterocycles. The molecular formula is C13H16O. The van der Waals surface area contributed by atoms with E-state index in [1.165, 1.54) is 30.4 Å². The van der Waals surface area contributed by atoms with E-state index in [1.54, 1.807) is 6.07 Å². The molecule has 0 heterocycles. The minimum Gasteiger partial charge on any atom is -0.508 e.